The number of para-hydroxylation sites is 2. The van der Waals surface area contributed by atoms with Crippen molar-refractivity contribution in [1.82, 2.24) is 14.9 Å². The molecule has 7 heteroatoms. The second-order valence-corrected chi connectivity index (χ2v) is 8.68. The number of unbranched alkanes of at least 4 members (excludes halogenated alkanes) is 1. The molecule has 0 aliphatic rings. The molecule has 0 aliphatic heterocycles. The van der Waals surface area contributed by atoms with E-state index in [-0.39, 0.29) is 11.9 Å². The number of thiophene rings is 1. The Labute approximate surface area is 190 Å². The van der Waals surface area contributed by atoms with Crippen molar-refractivity contribution in [2.45, 2.75) is 32.4 Å². The van der Waals surface area contributed by atoms with Crippen LogP contribution in [0.15, 0.2) is 66.0 Å². The van der Waals surface area contributed by atoms with Crippen LogP contribution >= 0.6 is 22.9 Å². The standard InChI is InChI=1S/C24H24ClN3O2S/c1-17(26-24(29)22-9-6-16-31-22)23-27-20-7-2-3-8-21(20)28(23)14-4-5-15-30-19-12-10-18(25)11-13-19/h2-3,6-13,16-17H,4-5,14-15H2,1H3,(H,26,29). The summed E-state index contributed by atoms with van der Waals surface area (Å²) in [5, 5.41) is 5.69. The van der Waals surface area contributed by atoms with Crippen LogP contribution in [0.1, 0.15) is 41.3 Å². The summed E-state index contributed by atoms with van der Waals surface area (Å²) >= 11 is 7.35. The van der Waals surface area contributed by atoms with Crippen LogP contribution in [0, 0.1) is 0 Å². The number of aryl methyl sites for hydroxylation is 1. The molecule has 2 aromatic carbocycles. The first kappa shape index (κ1) is 21.4. The van der Waals surface area contributed by atoms with Crippen molar-refractivity contribution in [3.63, 3.8) is 0 Å². The predicted octanol–water partition coefficient (Wildman–Crippen LogP) is 6.10. The lowest BCUT2D eigenvalue weighted by Crippen LogP contribution is -2.28. The molecule has 0 bridgehead atoms. The number of nitrogens with one attached hydrogen (secondary N) is 1. The van der Waals surface area contributed by atoms with E-state index in [1.54, 1.807) is 0 Å². The first-order valence-corrected chi connectivity index (χ1v) is 11.6. The molecule has 1 amide bonds. The SMILES string of the molecule is CC(NC(=O)c1cccs1)c1nc2ccccc2n1CCCCOc1ccc(Cl)cc1. The maximum absolute atomic E-state index is 12.5. The topological polar surface area (TPSA) is 56.2 Å². The average Bonchev–Trinajstić information content (AvgIpc) is 3.43. The maximum Gasteiger partial charge on any atom is 0.261 e. The molecule has 0 saturated carbocycles. The summed E-state index contributed by atoms with van der Waals surface area (Å²) in [6.45, 7) is 3.42. The lowest BCUT2D eigenvalue weighted by molar-refractivity contribution is 0.0942. The van der Waals surface area contributed by atoms with Gasteiger partial charge < -0.3 is 14.6 Å². The Balaban J connectivity index is 1.41. The van der Waals surface area contributed by atoms with E-state index in [1.165, 1.54) is 11.3 Å². The summed E-state index contributed by atoms with van der Waals surface area (Å²) in [6, 6.07) is 19.0. The molecule has 160 valence electrons. The Hall–Kier alpha value is -2.83. The quantitative estimate of drug-likeness (QED) is 0.311. The number of carbonyl (C=O) groups is 1. The van der Waals surface area contributed by atoms with Crippen molar-refractivity contribution in [3.05, 3.63) is 81.8 Å². The molecule has 31 heavy (non-hydrogen) atoms. The lowest BCUT2D eigenvalue weighted by atomic mass is 10.2. The number of hydrogen-bond acceptors (Lipinski definition) is 4. The van der Waals surface area contributed by atoms with Crippen LogP contribution in [0.3, 0.4) is 0 Å². The van der Waals surface area contributed by atoms with E-state index in [0.29, 0.717) is 16.5 Å². The van der Waals surface area contributed by atoms with Crippen LogP contribution in [-0.4, -0.2) is 22.1 Å². The smallest absolute Gasteiger partial charge is 0.261 e. The van der Waals surface area contributed by atoms with Gasteiger partial charge in [0, 0.05) is 11.6 Å². The van der Waals surface area contributed by atoms with Crippen molar-refractivity contribution < 1.29 is 9.53 Å². The third-order valence-electron chi connectivity index (χ3n) is 5.02. The third-order valence-corrected chi connectivity index (χ3v) is 6.14. The van der Waals surface area contributed by atoms with Gasteiger partial charge in [-0.15, -0.1) is 11.3 Å². The van der Waals surface area contributed by atoms with Gasteiger partial charge in [0.1, 0.15) is 11.6 Å². The van der Waals surface area contributed by atoms with Crippen LogP contribution < -0.4 is 10.1 Å². The zero-order valence-corrected chi connectivity index (χ0v) is 18.8. The molecule has 0 fully saturated rings. The van der Waals surface area contributed by atoms with Crippen molar-refractivity contribution in [3.8, 4) is 5.75 Å². The summed E-state index contributed by atoms with van der Waals surface area (Å²) in [6.07, 6.45) is 1.84. The minimum atomic E-state index is -0.202. The Bertz CT molecular complexity index is 1140. The Kier molecular flexibility index (Phi) is 6.89. The van der Waals surface area contributed by atoms with Gasteiger partial charge >= 0.3 is 0 Å². The van der Waals surface area contributed by atoms with Crippen LogP contribution in [-0.2, 0) is 6.54 Å². The van der Waals surface area contributed by atoms with E-state index < -0.39 is 0 Å². The van der Waals surface area contributed by atoms with Gasteiger partial charge in [0.15, 0.2) is 0 Å². The normalized spacial score (nSPS) is 12.1. The number of nitrogens with zero attached hydrogens (tertiary/aromatic N) is 2. The summed E-state index contributed by atoms with van der Waals surface area (Å²) in [5.41, 5.74) is 2.01. The van der Waals surface area contributed by atoms with Gasteiger partial charge in [-0.2, -0.15) is 0 Å². The van der Waals surface area contributed by atoms with Gasteiger partial charge in [-0.3, -0.25) is 4.79 Å². The van der Waals surface area contributed by atoms with Gasteiger partial charge in [0.05, 0.1) is 28.6 Å². The summed E-state index contributed by atoms with van der Waals surface area (Å²) in [5.74, 6) is 1.62. The zero-order chi connectivity index (χ0) is 21.6. The van der Waals surface area contributed by atoms with Crippen molar-refractivity contribution in [2.24, 2.45) is 0 Å². The largest absolute Gasteiger partial charge is 0.494 e. The molecule has 4 aromatic rings. The van der Waals surface area contributed by atoms with Crippen LogP contribution in [0.5, 0.6) is 5.75 Å². The number of aromatic nitrogens is 2. The molecule has 5 nitrogen and oxygen atoms in total. The van der Waals surface area contributed by atoms with Crippen LogP contribution in [0.25, 0.3) is 11.0 Å². The molecule has 1 unspecified atom stereocenters. The van der Waals surface area contributed by atoms with Gasteiger partial charge in [0.25, 0.3) is 5.91 Å². The molecular formula is C24H24ClN3O2S. The predicted molar refractivity (Wildman–Crippen MR) is 126 cm³/mol. The molecule has 0 saturated heterocycles. The fourth-order valence-electron chi connectivity index (χ4n) is 3.49. The minimum Gasteiger partial charge on any atom is -0.494 e. The number of amides is 1. The molecule has 0 spiro atoms. The second kappa shape index (κ2) is 9.98. The molecule has 2 aromatic heterocycles. The number of fused-ring (bicyclic) bond motifs is 1. The van der Waals surface area contributed by atoms with Crippen molar-refractivity contribution >= 4 is 39.9 Å². The Morgan fingerprint density at radius 3 is 2.71 bits per heavy atom. The summed E-state index contributed by atoms with van der Waals surface area (Å²) in [7, 11) is 0. The Morgan fingerprint density at radius 1 is 1.13 bits per heavy atom. The van der Waals surface area contributed by atoms with E-state index in [4.69, 9.17) is 21.3 Å². The molecular weight excluding hydrogens is 430 g/mol. The number of carbonyl (C=O) groups excluding carboxylic acids is 1. The van der Waals surface area contributed by atoms with Gasteiger partial charge in [-0.25, -0.2) is 4.98 Å². The number of imidazole rings is 1. The number of benzene rings is 2. The van der Waals surface area contributed by atoms with E-state index in [9.17, 15) is 4.79 Å². The van der Waals surface area contributed by atoms with Crippen molar-refractivity contribution in [2.75, 3.05) is 6.61 Å². The highest BCUT2D eigenvalue weighted by Crippen LogP contribution is 2.23. The van der Waals surface area contributed by atoms with E-state index in [2.05, 4.69) is 16.0 Å². The highest BCUT2D eigenvalue weighted by Gasteiger charge is 2.19. The first-order chi connectivity index (χ1) is 15.1. The van der Waals surface area contributed by atoms with Crippen LogP contribution in [0.2, 0.25) is 5.02 Å². The number of halogens is 1. The molecule has 4 rings (SSSR count). The number of hydrogen-bond donors (Lipinski definition) is 1. The average molecular weight is 454 g/mol. The second-order valence-electron chi connectivity index (χ2n) is 7.29. The fourth-order valence-corrected chi connectivity index (χ4v) is 4.25. The Morgan fingerprint density at radius 2 is 1.94 bits per heavy atom. The maximum atomic E-state index is 12.5. The third kappa shape index (κ3) is 5.27. The van der Waals surface area contributed by atoms with Crippen molar-refractivity contribution in [1.29, 1.82) is 0 Å². The molecule has 1 N–H and O–H groups in total. The number of rotatable bonds is 9. The highest BCUT2D eigenvalue weighted by molar-refractivity contribution is 7.12. The lowest BCUT2D eigenvalue weighted by Gasteiger charge is -2.16. The molecule has 0 aliphatic carbocycles. The van der Waals surface area contributed by atoms with E-state index in [0.717, 1.165) is 42.0 Å². The summed E-state index contributed by atoms with van der Waals surface area (Å²) in [4.78, 5) is 18.0. The molecule has 0 radical (unpaired) electrons. The fraction of sp³-hybridized carbons (Fsp3) is 0.250. The van der Waals surface area contributed by atoms with Gasteiger partial charge in [-0.05, 0) is 67.6 Å². The van der Waals surface area contributed by atoms with Crippen LogP contribution in [0.4, 0.5) is 0 Å². The molecule has 1 atom stereocenters. The molecule has 2 heterocycles. The van der Waals surface area contributed by atoms with E-state index >= 15 is 0 Å². The van der Waals surface area contributed by atoms with Gasteiger partial charge in [0.2, 0.25) is 0 Å². The van der Waals surface area contributed by atoms with E-state index in [1.807, 2.05) is 66.9 Å². The monoisotopic (exact) mass is 453 g/mol. The first-order valence-electron chi connectivity index (χ1n) is 10.3. The van der Waals surface area contributed by atoms with Gasteiger partial charge in [-0.1, -0.05) is 29.8 Å². The zero-order valence-electron chi connectivity index (χ0n) is 17.3. The number of ether oxygens (including phenoxy) is 1. The summed E-state index contributed by atoms with van der Waals surface area (Å²) < 4.78 is 8.01. The minimum absolute atomic E-state index is 0.0718. The highest BCUT2D eigenvalue weighted by atomic mass is 35.5.